The maximum absolute atomic E-state index is 11.9. The topological polar surface area (TPSA) is 75.3 Å². The molecule has 5 heteroatoms. The number of nitrogens with one attached hydrogen (secondary N) is 2. The number of benzene rings is 2. The monoisotopic (exact) mass is 338 g/mol. The fraction of sp³-hybridized carbons (Fsp3) is 0.250. The van der Waals surface area contributed by atoms with E-state index in [1.165, 1.54) is 12.5 Å². The molecule has 2 aromatic rings. The van der Waals surface area contributed by atoms with Crippen LogP contribution in [0.1, 0.15) is 35.7 Å². The Labute approximate surface area is 147 Å². The molecule has 25 heavy (non-hydrogen) atoms. The Morgan fingerprint density at radius 2 is 1.68 bits per heavy atom. The summed E-state index contributed by atoms with van der Waals surface area (Å²) in [6.07, 6.45) is 1.46. The highest BCUT2D eigenvalue weighted by Gasteiger charge is 2.10. The van der Waals surface area contributed by atoms with Crippen molar-refractivity contribution in [3.8, 4) is 0 Å². The number of carbonyl (C=O) groups excluding carboxylic acids is 3. The normalized spacial score (nSPS) is 10.1. The van der Waals surface area contributed by atoms with Gasteiger partial charge in [-0.3, -0.25) is 14.4 Å². The summed E-state index contributed by atoms with van der Waals surface area (Å²) in [5.74, 6) is -0.790. The van der Waals surface area contributed by atoms with Crippen molar-refractivity contribution in [3.63, 3.8) is 0 Å². The van der Waals surface area contributed by atoms with E-state index < -0.39 is 5.91 Å². The molecule has 2 amide bonds. The fourth-order valence-corrected chi connectivity index (χ4v) is 2.39. The molecule has 2 N–H and O–H groups in total. The number of Topliss-reactive ketones (excluding diaryl/α,β-unsaturated/α-hetero) is 1. The smallest absolute Gasteiger partial charge is 0.233 e. The van der Waals surface area contributed by atoms with E-state index in [2.05, 4.69) is 10.6 Å². The van der Waals surface area contributed by atoms with Crippen LogP contribution in [0.3, 0.4) is 0 Å². The lowest BCUT2D eigenvalue weighted by molar-refractivity contribution is -0.126. The second kappa shape index (κ2) is 9.37. The van der Waals surface area contributed by atoms with Crippen molar-refractivity contribution in [1.82, 2.24) is 5.32 Å². The highest BCUT2D eigenvalue weighted by Crippen LogP contribution is 2.11. The highest BCUT2D eigenvalue weighted by atomic mass is 16.2. The number of rotatable bonds is 8. The van der Waals surface area contributed by atoms with Gasteiger partial charge in [0.2, 0.25) is 11.8 Å². The third kappa shape index (κ3) is 6.59. The van der Waals surface area contributed by atoms with Crippen LogP contribution in [0.15, 0.2) is 54.6 Å². The van der Waals surface area contributed by atoms with Crippen LogP contribution in [0.25, 0.3) is 0 Å². The van der Waals surface area contributed by atoms with E-state index in [1.807, 2.05) is 30.3 Å². The molecule has 0 fully saturated rings. The van der Waals surface area contributed by atoms with Crippen molar-refractivity contribution < 1.29 is 14.4 Å². The first-order valence-electron chi connectivity index (χ1n) is 8.26. The average molecular weight is 338 g/mol. The SMILES string of the molecule is CC(=O)c1cccc(NC(=O)CC(=O)NCCCc2ccccc2)c1. The number of ketones is 1. The van der Waals surface area contributed by atoms with Crippen LogP contribution in [0.2, 0.25) is 0 Å². The van der Waals surface area contributed by atoms with Crippen molar-refractivity contribution in [3.05, 3.63) is 65.7 Å². The molecular weight excluding hydrogens is 316 g/mol. The minimum absolute atomic E-state index is 0.0766. The Morgan fingerprint density at radius 1 is 0.920 bits per heavy atom. The standard InChI is InChI=1S/C20H22N2O3/c1-15(23)17-10-5-11-18(13-17)22-20(25)14-19(24)21-12-6-9-16-7-3-2-4-8-16/h2-5,7-8,10-11,13H,6,9,12,14H2,1H3,(H,21,24)(H,22,25). The van der Waals surface area contributed by atoms with Crippen LogP contribution in [0.4, 0.5) is 5.69 Å². The molecule has 0 bridgehead atoms. The van der Waals surface area contributed by atoms with Gasteiger partial charge in [-0.2, -0.15) is 0 Å². The summed E-state index contributed by atoms with van der Waals surface area (Å²) in [6.45, 7) is 1.99. The van der Waals surface area contributed by atoms with Gasteiger partial charge in [0.1, 0.15) is 6.42 Å². The van der Waals surface area contributed by atoms with Gasteiger partial charge in [0.15, 0.2) is 5.78 Å². The molecule has 0 aliphatic heterocycles. The van der Waals surface area contributed by atoms with Gasteiger partial charge in [0.05, 0.1) is 0 Å². The first kappa shape index (κ1) is 18.4. The molecule has 0 spiro atoms. The molecule has 2 aromatic carbocycles. The summed E-state index contributed by atoms with van der Waals surface area (Å²) in [6, 6.07) is 16.7. The summed E-state index contributed by atoms with van der Waals surface area (Å²) in [5.41, 5.74) is 2.25. The molecule has 0 saturated carbocycles. The van der Waals surface area contributed by atoms with E-state index in [1.54, 1.807) is 24.3 Å². The quantitative estimate of drug-likeness (QED) is 0.441. The second-order valence-electron chi connectivity index (χ2n) is 5.80. The van der Waals surface area contributed by atoms with Gasteiger partial charge in [-0.05, 0) is 37.5 Å². The third-order valence-electron chi connectivity index (χ3n) is 3.68. The van der Waals surface area contributed by atoms with Crippen LogP contribution in [-0.2, 0) is 16.0 Å². The Bertz CT molecular complexity index is 742. The summed E-state index contributed by atoms with van der Waals surface area (Å²) in [4.78, 5) is 35.0. The van der Waals surface area contributed by atoms with E-state index >= 15 is 0 Å². The highest BCUT2D eigenvalue weighted by molar-refractivity contribution is 6.04. The van der Waals surface area contributed by atoms with E-state index in [0.717, 1.165) is 12.8 Å². The number of amides is 2. The van der Waals surface area contributed by atoms with Gasteiger partial charge < -0.3 is 10.6 Å². The molecule has 0 aliphatic rings. The van der Waals surface area contributed by atoms with Crippen molar-refractivity contribution in [2.75, 3.05) is 11.9 Å². The molecule has 0 atom stereocenters. The molecule has 0 unspecified atom stereocenters. The van der Waals surface area contributed by atoms with Gasteiger partial charge in [0, 0.05) is 17.8 Å². The van der Waals surface area contributed by atoms with Crippen LogP contribution >= 0.6 is 0 Å². The first-order valence-corrected chi connectivity index (χ1v) is 8.26. The lowest BCUT2D eigenvalue weighted by atomic mass is 10.1. The van der Waals surface area contributed by atoms with Crippen molar-refractivity contribution in [2.45, 2.75) is 26.2 Å². The maximum Gasteiger partial charge on any atom is 0.233 e. The number of anilines is 1. The fourth-order valence-electron chi connectivity index (χ4n) is 2.39. The number of aryl methyl sites for hydroxylation is 1. The zero-order valence-electron chi connectivity index (χ0n) is 14.2. The molecular formula is C20H22N2O3. The van der Waals surface area contributed by atoms with E-state index in [-0.39, 0.29) is 18.1 Å². The summed E-state index contributed by atoms with van der Waals surface area (Å²) in [7, 11) is 0. The van der Waals surface area contributed by atoms with Crippen LogP contribution in [0.5, 0.6) is 0 Å². The predicted octanol–water partition coefficient (Wildman–Crippen LogP) is 2.97. The zero-order chi connectivity index (χ0) is 18.1. The van der Waals surface area contributed by atoms with Crippen LogP contribution in [-0.4, -0.2) is 24.1 Å². The average Bonchev–Trinajstić information content (AvgIpc) is 2.59. The number of carbonyl (C=O) groups is 3. The lowest BCUT2D eigenvalue weighted by Gasteiger charge is -2.07. The van der Waals surface area contributed by atoms with Gasteiger partial charge in [-0.15, -0.1) is 0 Å². The first-order chi connectivity index (χ1) is 12.0. The maximum atomic E-state index is 11.9. The predicted molar refractivity (Wildman–Crippen MR) is 97.5 cm³/mol. The molecule has 130 valence electrons. The van der Waals surface area contributed by atoms with Crippen molar-refractivity contribution >= 4 is 23.3 Å². The number of hydrogen-bond donors (Lipinski definition) is 2. The van der Waals surface area contributed by atoms with Crippen molar-refractivity contribution in [1.29, 1.82) is 0 Å². The molecule has 0 saturated heterocycles. The molecule has 0 aromatic heterocycles. The van der Waals surface area contributed by atoms with Gasteiger partial charge in [0.25, 0.3) is 0 Å². The van der Waals surface area contributed by atoms with Gasteiger partial charge >= 0.3 is 0 Å². The molecule has 0 heterocycles. The molecule has 2 rings (SSSR count). The second-order valence-corrected chi connectivity index (χ2v) is 5.80. The largest absolute Gasteiger partial charge is 0.356 e. The molecule has 0 radical (unpaired) electrons. The zero-order valence-corrected chi connectivity index (χ0v) is 14.2. The van der Waals surface area contributed by atoms with E-state index in [9.17, 15) is 14.4 Å². The minimum Gasteiger partial charge on any atom is -0.356 e. The summed E-state index contributed by atoms with van der Waals surface area (Å²) in [5, 5.41) is 5.38. The molecule has 5 nitrogen and oxygen atoms in total. The Kier molecular flexibility index (Phi) is 6.89. The minimum atomic E-state index is -0.402. The van der Waals surface area contributed by atoms with Gasteiger partial charge in [-0.25, -0.2) is 0 Å². The lowest BCUT2D eigenvalue weighted by Crippen LogP contribution is -2.29. The Hall–Kier alpha value is -2.95. The summed E-state index contributed by atoms with van der Waals surface area (Å²) < 4.78 is 0. The van der Waals surface area contributed by atoms with Crippen LogP contribution < -0.4 is 10.6 Å². The van der Waals surface area contributed by atoms with Crippen LogP contribution in [0, 0.1) is 0 Å². The third-order valence-corrected chi connectivity index (χ3v) is 3.68. The Morgan fingerprint density at radius 3 is 2.40 bits per heavy atom. The molecule has 0 aliphatic carbocycles. The van der Waals surface area contributed by atoms with Crippen molar-refractivity contribution in [2.24, 2.45) is 0 Å². The van der Waals surface area contributed by atoms with Gasteiger partial charge in [-0.1, -0.05) is 42.5 Å². The summed E-state index contributed by atoms with van der Waals surface area (Å²) >= 11 is 0. The number of hydrogen-bond acceptors (Lipinski definition) is 3. The van der Waals surface area contributed by atoms with E-state index in [0.29, 0.717) is 17.8 Å². The Balaban J connectivity index is 1.70. The van der Waals surface area contributed by atoms with E-state index in [4.69, 9.17) is 0 Å².